The highest BCUT2D eigenvalue weighted by atomic mass is 16.5. The van der Waals surface area contributed by atoms with Crippen LogP contribution in [0, 0.1) is 23.7 Å². The van der Waals surface area contributed by atoms with E-state index >= 15 is 0 Å². The number of rotatable bonds is 6. The van der Waals surface area contributed by atoms with Crippen molar-refractivity contribution < 1.29 is 14.6 Å². The molecule has 0 heterocycles. The zero-order valence-corrected chi connectivity index (χ0v) is 12.2. The van der Waals surface area contributed by atoms with E-state index < -0.39 is 5.97 Å². The van der Waals surface area contributed by atoms with Crippen LogP contribution < -0.4 is 4.74 Å². The van der Waals surface area contributed by atoms with Gasteiger partial charge in [-0.05, 0) is 41.9 Å². The maximum absolute atomic E-state index is 11.0. The van der Waals surface area contributed by atoms with Gasteiger partial charge in [-0.25, -0.2) is 0 Å². The summed E-state index contributed by atoms with van der Waals surface area (Å²) in [6.45, 7) is 3.98. The van der Waals surface area contributed by atoms with Crippen LogP contribution in [-0.4, -0.2) is 18.2 Å². The summed E-state index contributed by atoms with van der Waals surface area (Å²) in [5.41, 5.74) is 1.14. The highest BCUT2D eigenvalue weighted by Crippen LogP contribution is 2.49. The van der Waals surface area contributed by atoms with Crippen molar-refractivity contribution in [3.05, 3.63) is 35.9 Å². The summed E-state index contributed by atoms with van der Waals surface area (Å²) >= 11 is 0. The number of aliphatic carboxylic acids is 1. The normalized spacial score (nSPS) is 24.4. The number of carbonyl (C=O) groups is 1. The Hall–Kier alpha value is -1.77. The minimum atomic E-state index is -0.677. The fourth-order valence-corrected chi connectivity index (χ4v) is 2.72. The topological polar surface area (TPSA) is 46.5 Å². The maximum Gasteiger partial charge on any atom is 0.306 e. The Bertz CT molecular complexity index is 489. The Morgan fingerprint density at radius 2 is 1.95 bits per heavy atom. The summed E-state index contributed by atoms with van der Waals surface area (Å²) in [5, 5.41) is 9.02. The molecule has 1 aliphatic rings. The van der Waals surface area contributed by atoms with Gasteiger partial charge in [-0.3, -0.25) is 4.79 Å². The van der Waals surface area contributed by atoms with Crippen molar-refractivity contribution in [2.45, 2.75) is 20.3 Å². The summed E-state index contributed by atoms with van der Waals surface area (Å²) in [7, 11) is 1.66. The molecule has 1 aromatic rings. The number of benzene rings is 1. The molecule has 3 nitrogen and oxygen atoms in total. The maximum atomic E-state index is 11.0. The van der Waals surface area contributed by atoms with E-state index in [2.05, 4.69) is 19.1 Å². The lowest BCUT2D eigenvalue weighted by molar-refractivity contribution is -0.141. The molecule has 1 aliphatic carbocycles. The first-order valence-corrected chi connectivity index (χ1v) is 7.08. The molecule has 3 heteroatoms. The molecular formula is C17H22O3. The summed E-state index contributed by atoms with van der Waals surface area (Å²) in [5.74, 6) is 1.22. The van der Waals surface area contributed by atoms with Crippen molar-refractivity contribution in [3.63, 3.8) is 0 Å². The van der Waals surface area contributed by atoms with E-state index in [0.717, 1.165) is 17.7 Å². The SMILES string of the molecule is COc1ccc(C=CC(C)C2CC2C(C)C(=O)O)cc1. The fourth-order valence-electron chi connectivity index (χ4n) is 2.72. The summed E-state index contributed by atoms with van der Waals surface area (Å²) in [4.78, 5) is 11.0. The minimum Gasteiger partial charge on any atom is -0.497 e. The van der Waals surface area contributed by atoms with Crippen LogP contribution in [0.3, 0.4) is 0 Å². The Morgan fingerprint density at radius 3 is 2.50 bits per heavy atom. The van der Waals surface area contributed by atoms with Gasteiger partial charge in [0.1, 0.15) is 5.75 Å². The van der Waals surface area contributed by atoms with Gasteiger partial charge in [0.15, 0.2) is 0 Å². The first-order chi connectivity index (χ1) is 9.52. The minimum absolute atomic E-state index is 0.225. The van der Waals surface area contributed by atoms with E-state index in [-0.39, 0.29) is 5.92 Å². The number of hydrogen-bond donors (Lipinski definition) is 1. The molecule has 0 saturated heterocycles. The lowest BCUT2D eigenvalue weighted by Gasteiger charge is -2.08. The van der Waals surface area contributed by atoms with Crippen molar-refractivity contribution in [2.75, 3.05) is 7.11 Å². The quantitative estimate of drug-likeness (QED) is 0.860. The Morgan fingerprint density at radius 1 is 1.30 bits per heavy atom. The second-order valence-corrected chi connectivity index (χ2v) is 5.68. The number of allylic oxidation sites excluding steroid dienone is 1. The average molecular weight is 274 g/mol. The highest BCUT2D eigenvalue weighted by Gasteiger charge is 2.45. The Balaban J connectivity index is 1.90. The first-order valence-electron chi connectivity index (χ1n) is 7.08. The Kier molecular flexibility index (Phi) is 4.48. The van der Waals surface area contributed by atoms with Gasteiger partial charge in [0.05, 0.1) is 13.0 Å². The first kappa shape index (κ1) is 14.6. The number of methoxy groups -OCH3 is 1. The van der Waals surface area contributed by atoms with Gasteiger partial charge in [-0.15, -0.1) is 0 Å². The molecule has 1 saturated carbocycles. The van der Waals surface area contributed by atoms with Gasteiger partial charge >= 0.3 is 5.97 Å². The van der Waals surface area contributed by atoms with Crippen LogP contribution >= 0.6 is 0 Å². The molecule has 4 unspecified atom stereocenters. The monoisotopic (exact) mass is 274 g/mol. The zero-order chi connectivity index (χ0) is 14.7. The summed E-state index contributed by atoms with van der Waals surface area (Å²) in [6.07, 6.45) is 5.31. The third-order valence-electron chi connectivity index (χ3n) is 4.31. The molecule has 4 atom stereocenters. The van der Waals surface area contributed by atoms with Gasteiger partial charge < -0.3 is 9.84 Å². The lowest BCUT2D eigenvalue weighted by atomic mass is 9.97. The molecule has 0 aromatic heterocycles. The van der Waals surface area contributed by atoms with E-state index in [0.29, 0.717) is 17.8 Å². The molecule has 1 aromatic carbocycles. The predicted molar refractivity (Wildman–Crippen MR) is 79.6 cm³/mol. The van der Waals surface area contributed by atoms with Crippen LogP contribution in [0.5, 0.6) is 5.75 Å². The van der Waals surface area contributed by atoms with E-state index in [1.165, 1.54) is 0 Å². The molecule has 0 radical (unpaired) electrons. The molecule has 20 heavy (non-hydrogen) atoms. The van der Waals surface area contributed by atoms with E-state index in [1.807, 2.05) is 31.2 Å². The van der Waals surface area contributed by atoms with Crippen molar-refractivity contribution in [1.29, 1.82) is 0 Å². The van der Waals surface area contributed by atoms with Crippen molar-refractivity contribution in [1.82, 2.24) is 0 Å². The lowest BCUT2D eigenvalue weighted by Crippen LogP contribution is -2.13. The molecule has 108 valence electrons. The number of ether oxygens (including phenoxy) is 1. The van der Waals surface area contributed by atoms with E-state index in [1.54, 1.807) is 7.11 Å². The van der Waals surface area contributed by atoms with Gasteiger partial charge in [0.25, 0.3) is 0 Å². The molecule has 1 fully saturated rings. The van der Waals surface area contributed by atoms with Gasteiger partial charge in [-0.1, -0.05) is 38.1 Å². The molecule has 2 rings (SSSR count). The van der Waals surface area contributed by atoms with E-state index in [9.17, 15) is 4.79 Å². The summed E-state index contributed by atoms with van der Waals surface area (Å²) in [6, 6.07) is 7.92. The third-order valence-corrected chi connectivity index (χ3v) is 4.31. The van der Waals surface area contributed by atoms with Crippen molar-refractivity contribution >= 4 is 12.0 Å². The van der Waals surface area contributed by atoms with Crippen LogP contribution in [0.25, 0.3) is 6.08 Å². The second kappa shape index (κ2) is 6.12. The molecule has 1 N–H and O–H groups in total. The highest BCUT2D eigenvalue weighted by molar-refractivity contribution is 5.70. The van der Waals surface area contributed by atoms with Crippen LogP contribution in [0.4, 0.5) is 0 Å². The van der Waals surface area contributed by atoms with Crippen LogP contribution in [0.2, 0.25) is 0 Å². The smallest absolute Gasteiger partial charge is 0.306 e. The van der Waals surface area contributed by atoms with E-state index in [4.69, 9.17) is 9.84 Å². The second-order valence-electron chi connectivity index (χ2n) is 5.68. The molecule has 0 aliphatic heterocycles. The van der Waals surface area contributed by atoms with Crippen LogP contribution in [0.15, 0.2) is 30.3 Å². The van der Waals surface area contributed by atoms with Crippen molar-refractivity contribution in [2.24, 2.45) is 23.7 Å². The van der Waals surface area contributed by atoms with Crippen LogP contribution in [0.1, 0.15) is 25.8 Å². The number of carboxylic acid groups (broad SMARTS) is 1. The summed E-state index contributed by atoms with van der Waals surface area (Å²) < 4.78 is 5.13. The Labute approximate surface area is 120 Å². The fraction of sp³-hybridized carbons (Fsp3) is 0.471. The third kappa shape index (κ3) is 3.41. The number of carboxylic acids is 1. The van der Waals surface area contributed by atoms with Crippen molar-refractivity contribution in [3.8, 4) is 5.75 Å². The van der Waals surface area contributed by atoms with Gasteiger partial charge in [-0.2, -0.15) is 0 Å². The predicted octanol–water partition coefficient (Wildman–Crippen LogP) is 3.70. The molecular weight excluding hydrogens is 252 g/mol. The zero-order valence-electron chi connectivity index (χ0n) is 12.2. The molecule has 0 spiro atoms. The molecule has 0 amide bonds. The van der Waals surface area contributed by atoms with Gasteiger partial charge in [0.2, 0.25) is 0 Å². The number of hydrogen-bond acceptors (Lipinski definition) is 2. The average Bonchev–Trinajstić information content (AvgIpc) is 3.24. The molecule has 0 bridgehead atoms. The largest absolute Gasteiger partial charge is 0.497 e. The van der Waals surface area contributed by atoms with Gasteiger partial charge in [0, 0.05) is 0 Å². The van der Waals surface area contributed by atoms with Crippen LogP contribution in [-0.2, 0) is 4.79 Å². The standard InChI is InChI=1S/C17H22O3/c1-11(15-10-16(15)12(2)17(18)19)4-5-13-6-8-14(20-3)9-7-13/h4-9,11-12,15-16H,10H2,1-3H3,(H,18,19).